The standard InChI is InChI=1S/C16H19ClN6O/c17-10-3-1-9(2-4-10)11-8-20-23(15(11)18)16(24)14-12-7-19-6-5-13(12)21-22-14/h1-4,8,12-14,19,21-22H,5-7,18H2. The number of carbonyl (C=O) groups excluding carboxylic acids is 1. The van der Waals surface area contributed by atoms with Gasteiger partial charge in [0, 0.05) is 29.1 Å². The molecule has 0 bridgehead atoms. The minimum Gasteiger partial charge on any atom is -0.383 e. The van der Waals surface area contributed by atoms with Gasteiger partial charge < -0.3 is 11.1 Å². The largest absolute Gasteiger partial charge is 0.383 e. The lowest BCUT2D eigenvalue weighted by atomic mass is 9.89. The Balaban J connectivity index is 1.60. The highest BCUT2D eigenvalue weighted by molar-refractivity contribution is 6.30. The van der Waals surface area contributed by atoms with Crippen LogP contribution in [0, 0.1) is 5.92 Å². The molecule has 0 saturated carbocycles. The summed E-state index contributed by atoms with van der Waals surface area (Å²) in [4.78, 5) is 12.9. The number of hydrogen-bond donors (Lipinski definition) is 4. The van der Waals surface area contributed by atoms with Crippen molar-refractivity contribution in [2.45, 2.75) is 18.5 Å². The Morgan fingerprint density at radius 1 is 1.29 bits per heavy atom. The number of fused-ring (bicyclic) bond motifs is 1. The summed E-state index contributed by atoms with van der Waals surface area (Å²) in [5.41, 5.74) is 14.1. The molecule has 126 valence electrons. The lowest BCUT2D eigenvalue weighted by Crippen LogP contribution is -2.47. The van der Waals surface area contributed by atoms with E-state index in [0.29, 0.717) is 16.9 Å². The van der Waals surface area contributed by atoms with Crippen LogP contribution in [0.15, 0.2) is 30.5 Å². The van der Waals surface area contributed by atoms with Crippen molar-refractivity contribution in [1.82, 2.24) is 25.9 Å². The quantitative estimate of drug-likeness (QED) is 0.644. The van der Waals surface area contributed by atoms with Gasteiger partial charge in [0.05, 0.1) is 6.20 Å². The molecule has 5 N–H and O–H groups in total. The first-order chi connectivity index (χ1) is 11.6. The lowest BCUT2D eigenvalue weighted by Gasteiger charge is -2.27. The van der Waals surface area contributed by atoms with E-state index in [9.17, 15) is 4.79 Å². The summed E-state index contributed by atoms with van der Waals surface area (Å²) in [6.45, 7) is 1.76. The van der Waals surface area contributed by atoms with Gasteiger partial charge >= 0.3 is 0 Å². The molecular formula is C16H19ClN6O. The van der Waals surface area contributed by atoms with Crippen molar-refractivity contribution in [3.63, 3.8) is 0 Å². The third-order valence-corrected chi connectivity index (χ3v) is 5.07. The van der Waals surface area contributed by atoms with E-state index in [4.69, 9.17) is 17.3 Å². The fourth-order valence-corrected chi connectivity index (χ4v) is 3.60. The molecule has 3 atom stereocenters. The van der Waals surface area contributed by atoms with Crippen molar-refractivity contribution in [2.75, 3.05) is 18.8 Å². The molecule has 0 spiro atoms. The minimum atomic E-state index is -0.344. The topological polar surface area (TPSA) is 97.0 Å². The Hall–Kier alpha value is -1.93. The number of halogens is 1. The summed E-state index contributed by atoms with van der Waals surface area (Å²) in [6, 6.07) is 7.25. The van der Waals surface area contributed by atoms with Crippen molar-refractivity contribution < 1.29 is 4.79 Å². The number of hydrogen-bond acceptors (Lipinski definition) is 6. The van der Waals surface area contributed by atoms with Gasteiger partial charge in [0.25, 0.3) is 5.91 Å². The third-order valence-electron chi connectivity index (χ3n) is 4.82. The van der Waals surface area contributed by atoms with Crippen LogP contribution < -0.4 is 21.9 Å². The lowest BCUT2D eigenvalue weighted by molar-refractivity contribution is 0.0824. The summed E-state index contributed by atoms with van der Waals surface area (Å²) < 4.78 is 1.29. The molecule has 2 saturated heterocycles. The normalized spacial score (nSPS) is 26.3. The summed E-state index contributed by atoms with van der Waals surface area (Å²) in [6.07, 6.45) is 2.61. The molecule has 3 unspecified atom stereocenters. The van der Waals surface area contributed by atoms with Crippen LogP contribution >= 0.6 is 11.6 Å². The molecule has 7 nitrogen and oxygen atoms in total. The molecule has 24 heavy (non-hydrogen) atoms. The first-order valence-corrected chi connectivity index (χ1v) is 8.38. The fourth-order valence-electron chi connectivity index (χ4n) is 3.48. The van der Waals surface area contributed by atoms with Crippen molar-refractivity contribution in [3.8, 4) is 11.1 Å². The number of carbonyl (C=O) groups is 1. The maximum absolute atomic E-state index is 12.9. The summed E-state index contributed by atoms with van der Waals surface area (Å²) in [5, 5.41) is 8.21. The van der Waals surface area contributed by atoms with E-state index < -0.39 is 0 Å². The van der Waals surface area contributed by atoms with Crippen LogP contribution in [0.5, 0.6) is 0 Å². The SMILES string of the molecule is Nc1c(-c2ccc(Cl)cc2)cnn1C(=O)C1NNC2CCNCC21. The van der Waals surface area contributed by atoms with Gasteiger partial charge in [-0.15, -0.1) is 0 Å². The predicted octanol–water partition coefficient (Wildman–Crippen LogP) is 0.880. The van der Waals surface area contributed by atoms with Crippen LogP contribution in [0.4, 0.5) is 5.82 Å². The number of nitrogen functional groups attached to an aromatic ring is 1. The van der Waals surface area contributed by atoms with E-state index in [1.54, 1.807) is 18.3 Å². The molecule has 0 radical (unpaired) electrons. The van der Waals surface area contributed by atoms with Gasteiger partial charge in [-0.3, -0.25) is 10.2 Å². The van der Waals surface area contributed by atoms with Crippen LogP contribution in [0.3, 0.4) is 0 Å². The highest BCUT2D eigenvalue weighted by atomic mass is 35.5. The Kier molecular flexibility index (Phi) is 4.01. The van der Waals surface area contributed by atoms with Crippen LogP contribution in [0.1, 0.15) is 11.2 Å². The highest BCUT2D eigenvalue weighted by Crippen LogP contribution is 2.28. The maximum atomic E-state index is 12.9. The molecular weight excluding hydrogens is 328 g/mol. The molecule has 2 aromatic rings. The number of nitrogens with one attached hydrogen (secondary N) is 3. The third kappa shape index (κ3) is 2.59. The van der Waals surface area contributed by atoms with Crippen molar-refractivity contribution in [1.29, 1.82) is 0 Å². The predicted molar refractivity (Wildman–Crippen MR) is 92.5 cm³/mol. The zero-order chi connectivity index (χ0) is 16.7. The van der Waals surface area contributed by atoms with E-state index >= 15 is 0 Å². The smallest absolute Gasteiger partial charge is 0.267 e. The van der Waals surface area contributed by atoms with Gasteiger partial charge in [0.2, 0.25) is 0 Å². The Bertz CT molecular complexity index is 758. The number of rotatable bonds is 2. The van der Waals surface area contributed by atoms with Gasteiger partial charge in [-0.1, -0.05) is 23.7 Å². The van der Waals surface area contributed by atoms with Crippen LogP contribution in [-0.4, -0.2) is 40.9 Å². The number of benzene rings is 1. The zero-order valence-corrected chi connectivity index (χ0v) is 13.8. The minimum absolute atomic E-state index is 0.142. The number of aromatic nitrogens is 2. The van der Waals surface area contributed by atoms with Gasteiger partial charge in [-0.2, -0.15) is 9.78 Å². The average molecular weight is 347 g/mol. The van der Waals surface area contributed by atoms with Gasteiger partial charge in [0.1, 0.15) is 11.9 Å². The molecule has 0 aliphatic carbocycles. The molecule has 0 amide bonds. The Morgan fingerprint density at radius 3 is 2.88 bits per heavy atom. The average Bonchev–Trinajstić information content (AvgIpc) is 3.19. The van der Waals surface area contributed by atoms with Crippen molar-refractivity contribution >= 4 is 23.3 Å². The van der Waals surface area contributed by atoms with Gasteiger partial charge in [-0.05, 0) is 30.7 Å². The van der Waals surface area contributed by atoms with Crippen LogP contribution in [-0.2, 0) is 0 Å². The van der Waals surface area contributed by atoms with Crippen LogP contribution in [0.2, 0.25) is 5.02 Å². The highest BCUT2D eigenvalue weighted by Gasteiger charge is 2.42. The second-order valence-corrected chi connectivity index (χ2v) is 6.67. The van der Waals surface area contributed by atoms with E-state index in [-0.39, 0.29) is 17.9 Å². The van der Waals surface area contributed by atoms with Crippen molar-refractivity contribution in [2.24, 2.45) is 5.92 Å². The Morgan fingerprint density at radius 2 is 2.08 bits per heavy atom. The van der Waals surface area contributed by atoms with E-state index in [0.717, 1.165) is 30.6 Å². The summed E-state index contributed by atoms with van der Waals surface area (Å²) >= 11 is 5.92. The fraction of sp³-hybridized carbons (Fsp3) is 0.375. The van der Waals surface area contributed by atoms with Gasteiger partial charge in [0.15, 0.2) is 0 Å². The van der Waals surface area contributed by atoms with Gasteiger partial charge in [-0.25, -0.2) is 5.43 Å². The molecule has 2 aliphatic rings. The summed E-state index contributed by atoms with van der Waals surface area (Å²) in [5.74, 6) is 0.390. The number of piperidine rings is 1. The Labute approximate surface area is 144 Å². The second kappa shape index (κ2) is 6.18. The summed E-state index contributed by atoms with van der Waals surface area (Å²) in [7, 11) is 0. The number of hydrazine groups is 1. The van der Waals surface area contributed by atoms with E-state index in [2.05, 4.69) is 21.3 Å². The molecule has 1 aromatic heterocycles. The maximum Gasteiger partial charge on any atom is 0.267 e. The number of nitrogens with zero attached hydrogens (tertiary/aromatic N) is 2. The first-order valence-electron chi connectivity index (χ1n) is 8.00. The molecule has 2 fully saturated rings. The van der Waals surface area contributed by atoms with E-state index in [1.165, 1.54) is 4.68 Å². The number of nitrogens with two attached hydrogens (primary N) is 1. The molecule has 8 heteroatoms. The number of anilines is 1. The molecule has 2 aliphatic heterocycles. The first kappa shape index (κ1) is 15.6. The van der Waals surface area contributed by atoms with E-state index in [1.807, 2.05) is 12.1 Å². The second-order valence-electron chi connectivity index (χ2n) is 6.23. The van der Waals surface area contributed by atoms with Crippen LogP contribution in [0.25, 0.3) is 11.1 Å². The molecule has 4 rings (SSSR count). The molecule has 3 heterocycles. The van der Waals surface area contributed by atoms with Crippen molar-refractivity contribution in [3.05, 3.63) is 35.5 Å². The molecule has 1 aromatic carbocycles. The zero-order valence-electron chi connectivity index (χ0n) is 13.0. The monoisotopic (exact) mass is 346 g/mol.